The van der Waals surface area contributed by atoms with Crippen LogP contribution in [0.1, 0.15) is 62.5 Å². The van der Waals surface area contributed by atoms with Crippen LogP contribution in [-0.2, 0) is 10.3 Å². The zero-order valence-electron chi connectivity index (χ0n) is 12.1. The molecule has 0 saturated heterocycles. The van der Waals surface area contributed by atoms with Gasteiger partial charge in [-0.2, -0.15) is 0 Å². The maximum Gasteiger partial charge on any atom is 0.162 e. The van der Waals surface area contributed by atoms with Gasteiger partial charge in [0.05, 0.1) is 0 Å². The van der Waals surface area contributed by atoms with Crippen LogP contribution < -0.4 is 0 Å². The summed E-state index contributed by atoms with van der Waals surface area (Å²) in [4.78, 5) is 9.19. The molecule has 1 aromatic rings. The van der Waals surface area contributed by atoms with Gasteiger partial charge in [-0.15, -0.1) is 0 Å². The molecule has 0 spiro atoms. The molecule has 0 atom stereocenters. The van der Waals surface area contributed by atoms with Crippen LogP contribution in [0.5, 0.6) is 0 Å². The Labute approximate surface area is 120 Å². The van der Waals surface area contributed by atoms with E-state index in [1.165, 1.54) is 25.7 Å². The second kappa shape index (κ2) is 6.19. The van der Waals surface area contributed by atoms with E-state index in [-0.39, 0.29) is 5.60 Å². The number of nitrogens with zero attached hydrogens (tertiary/aromatic N) is 2. The first-order valence-corrected chi connectivity index (χ1v) is 7.62. The third-order valence-corrected chi connectivity index (χ3v) is 4.44. The fourth-order valence-electron chi connectivity index (χ4n) is 2.81. The van der Waals surface area contributed by atoms with E-state index in [1.54, 1.807) is 0 Å². The molecule has 19 heavy (non-hydrogen) atoms. The standard InChI is InChI=1S/C15H23ClN2O/c1-4-19-15(9-7-5-6-8-10-15)14-17-12(3)11(2)13(16)18-14/h4-10H2,1-3H3. The van der Waals surface area contributed by atoms with Gasteiger partial charge in [0.15, 0.2) is 5.82 Å². The lowest BCUT2D eigenvalue weighted by Gasteiger charge is -2.31. The summed E-state index contributed by atoms with van der Waals surface area (Å²) in [5.41, 5.74) is 1.59. The van der Waals surface area contributed by atoms with Gasteiger partial charge in [-0.25, -0.2) is 9.97 Å². The lowest BCUT2D eigenvalue weighted by Crippen LogP contribution is -2.32. The van der Waals surface area contributed by atoms with Crippen molar-refractivity contribution < 1.29 is 4.74 Å². The summed E-state index contributed by atoms with van der Waals surface area (Å²) in [5, 5.41) is 0.561. The Kier molecular flexibility index (Phi) is 4.80. The lowest BCUT2D eigenvalue weighted by atomic mass is 9.92. The van der Waals surface area contributed by atoms with Crippen LogP contribution >= 0.6 is 11.6 Å². The molecule has 0 radical (unpaired) electrons. The summed E-state index contributed by atoms with van der Waals surface area (Å²) < 4.78 is 6.10. The van der Waals surface area contributed by atoms with E-state index in [0.29, 0.717) is 11.8 Å². The molecule has 0 amide bonds. The third kappa shape index (κ3) is 3.09. The summed E-state index contributed by atoms with van der Waals surface area (Å²) in [5.74, 6) is 0.782. The van der Waals surface area contributed by atoms with Crippen molar-refractivity contribution in [1.29, 1.82) is 0 Å². The minimum Gasteiger partial charge on any atom is -0.367 e. The van der Waals surface area contributed by atoms with Gasteiger partial charge >= 0.3 is 0 Å². The minimum absolute atomic E-state index is 0.326. The fourth-order valence-corrected chi connectivity index (χ4v) is 3.02. The summed E-state index contributed by atoms with van der Waals surface area (Å²) in [7, 11) is 0. The predicted octanol–water partition coefficient (Wildman–Crippen LogP) is 4.33. The maximum atomic E-state index is 6.23. The van der Waals surface area contributed by atoms with Gasteiger partial charge < -0.3 is 4.74 Å². The molecule has 3 nitrogen and oxygen atoms in total. The normalized spacial score (nSPS) is 19.2. The van der Waals surface area contributed by atoms with Gasteiger partial charge in [0.2, 0.25) is 0 Å². The summed E-state index contributed by atoms with van der Waals surface area (Å²) >= 11 is 6.23. The highest BCUT2D eigenvalue weighted by Crippen LogP contribution is 2.38. The second-order valence-electron chi connectivity index (χ2n) is 5.39. The highest BCUT2D eigenvalue weighted by atomic mass is 35.5. The number of halogens is 1. The number of ether oxygens (including phenoxy) is 1. The fraction of sp³-hybridized carbons (Fsp3) is 0.733. The molecule has 0 N–H and O–H groups in total. The molecule has 1 aliphatic rings. The van der Waals surface area contributed by atoms with Gasteiger partial charge in [0.25, 0.3) is 0 Å². The maximum absolute atomic E-state index is 6.23. The van der Waals surface area contributed by atoms with Crippen LogP contribution in [0.2, 0.25) is 5.15 Å². The molecule has 0 aliphatic heterocycles. The van der Waals surface area contributed by atoms with Gasteiger partial charge in [-0.05, 0) is 33.6 Å². The Bertz CT molecular complexity index is 417. The van der Waals surface area contributed by atoms with Crippen molar-refractivity contribution in [3.8, 4) is 0 Å². The Morgan fingerprint density at radius 2 is 1.74 bits per heavy atom. The van der Waals surface area contributed by atoms with Crippen molar-refractivity contribution in [2.24, 2.45) is 0 Å². The Balaban J connectivity index is 2.42. The summed E-state index contributed by atoms with van der Waals surface area (Å²) in [6.45, 7) is 6.67. The van der Waals surface area contributed by atoms with Gasteiger partial charge in [0.1, 0.15) is 10.8 Å². The number of aryl methyl sites for hydroxylation is 1. The van der Waals surface area contributed by atoms with E-state index in [0.717, 1.165) is 29.9 Å². The van der Waals surface area contributed by atoms with Gasteiger partial charge in [-0.3, -0.25) is 0 Å². The Hall–Kier alpha value is -0.670. The molecule has 0 unspecified atom stereocenters. The Morgan fingerprint density at radius 1 is 1.11 bits per heavy atom. The molecule has 4 heteroatoms. The number of aromatic nitrogens is 2. The smallest absolute Gasteiger partial charge is 0.162 e. The van der Waals surface area contributed by atoms with Gasteiger partial charge in [0, 0.05) is 17.9 Å². The predicted molar refractivity (Wildman–Crippen MR) is 77.5 cm³/mol. The van der Waals surface area contributed by atoms with E-state index < -0.39 is 0 Å². The van der Waals surface area contributed by atoms with E-state index in [4.69, 9.17) is 16.3 Å². The molecule has 0 aromatic carbocycles. The molecule has 0 bridgehead atoms. The van der Waals surface area contributed by atoms with Crippen molar-refractivity contribution in [1.82, 2.24) is 9.97 Å². The van der Waals surface area contributed by atoms with Gasteiger partial charge in [-0.1, -0.05) is 37.3 Å². The second-order valence-corrected chi connectivity index (χ2v) is 5.75. The van der Waals surface area contributed by atoms with Crippen LogP contribution in [0.4, 0.5) is 0 Å². The van der Waals surface area contributed by atoms with Crippen LogP contribution in [0.15, 0.2) is 0 Å². The van der Waals surface area contributed by atoms with E-state index >= 15 is 0 Å². The molecule has 1 fully saturated rings. The molecule has 1 aromatic heterocycles. The largest absolute Gasteiger partial charge is 0.367 e. The quantitative estimate of drug-likeness (QED) is 0.611. The molecule has 2 rings (SSSR count). The molecular formula is C15H23ClN2O. The average Bonchev–Trinajstić information content (AvgIpc) is 2.62. The first kappa shape index (κ1) is 14.7. The number of rotatable bonds is 3. The average molecular weight is 283 g/mol. The van der Waals surface area contributed by atoms with Crippen molar-refractivity contribution >= 4 is 11.6 Å². The number of hydrogen-bond acceptors (Lipinski definition) is 3. The Morgan fingerprint density at radius 3 is 2.26 bits per heavy atom. The van der Waals surface area contributed by atoms with Crippen LogP contribution in [0, 0.1) is 13.8 Å². The molecule has 1 aliphatic carbocycles. The molecule has 106 valence electrons. The topological polar surface area (TPSA) is 35.0 Å². The lowest BCUT2D eigenvalue weighted by molar-refractivity contribution is -0.0625. The van der Waals surface area contributed by atoms with Crippen molar-refractivity contribution in [2.75, 3.05) is 6.61 Å². The zero-order chi connectivity index (χ0) is 13.9. The first-order chi connectivity index (χ1) is 9.09. The first-order valence-electron chi connectivity index (χ1n) is 7.24. The molecule has 1 saturated carbocycles. The van der Waals surface area contributed by atoms with Crippen molar-refractivity contribution in [2.45, 2.75) is 64.9 Å². The van der Waals surface area contributed by atoms with Crippen LogP contribution in [0.3, 0.4) is 0 Å². The molecular weight excluding hydrogens is 260 g/mol. The SMILES string of the molecule is CCOC1(c2nc(C)c(C)c(Cl)n2)CCCCCC1. The summed E-state index contributed by atoms with van der Waals surface area (Å²) in [6, 6.07) is 0. The highest BCUT2D eigenvalue weighted by Gasteiger charge is 2.37. The van der Waals surface area contributed by atoms with E-state index in [1.807, 2.05) is 20.8 Å². The number of hydrogen-bond donors (Lipinski definition) is 0. The van der Waals surface area contributed by atoms with E-state index in [2.05, 4.69) is 9.97 Å². The minimum atomic E-state index is -0.326. The monoisotopic (exact) mass is 282 g/mol. The summed E-state index contributed by atoms with van der Waals surface area (Å²) in [6.07, 6.45) is 6.89. The molecule has 1 heterocycles. The third-order valence-electron chi connectivity index (χ3n) is 4.07. The van der Waals surface area contributed by atoms with Crippen LogP contribution in [0.25, 0.3) is 0 Å². The van der Waals surface area contributed by atoms with E-state index in [9.17, 15) is 0 Å². The van der Waals surface area contributed by atoms with Crippen LogP contribution in [-0.4, -0.2) is 16.6 Å². The highest BCUT2D eigenvalue weighted by molar-refractivity contribution is 6.30. The zero-order valence-corrected chi connectivity index (χ0v) is 12.9. The van der Waals surface area contributed by atoms with Crippen molar-refractivity contribution in [3.05, 3.63) is 22.2 Å². The van der Waals surface area contributed by atoms with Crippen molar-refractivity contribution in [3.63, 3.8) is 0 Å².